The monoisotopic (exact) mass is 227 g/mol. The Kier molecular flexibility index (Phi) is 3.83. The fourth-order valence-electron chi connectivity index (χ4n) is 1.99. The summed E-state index contributed by atoms with van der Waals surface area (Å²) in [6.45, 7) is 5.25. The van der Waals surface area contributed by atoms with Gasteiger partial charge in [0.25, 0.3) is 0 Å². The largest absolute Gasteiger partial charge is 0.310 e. The van der Waals surface area contributed by atoms with Crippen LogP contribution in [-0.2, 0) is 0 Å². The van der Waals surface area contributed by atoms with Crippen LogP contribution in [0.2, 0.25) is 0 Å². The molecule has 1 N–H and O–H groups in total. The molecule has 0 spiro atoms. The molecule has 1 aromatic heterocycles. The second-order valence-electron chi connectivity index (χ2n) is 3.99. The molecular formula is C14H17N3. The van der Waals surface area contributed by atoms with Gasteiger partial charge in [-0.2, -0.15) is 0 Å². The van der Waals surface area contributed by atoms with Crippen LogP contribution in [0, 0.1) is 0 Å². The van der Waals surface area contributed by atoms with Crippen molar-refractivity contribution in [3.8, 4) is 11.1 Å². The Labute approximate surface area is 102 Å². The smallest absolute Gasteiger partial charge is 0.115 e. The second-order valence-corrected chi connectivity index (χ2v) is 3.99. The quantitative estimate of drug-likeness (QED) is 0.872. The predicted octanol–water partition coefficient (Wildman–Crippen LogP) is 2.81. The van der Waals surface area contributed by atoms with Gasteiger partial charge in [0.1, 0.15) is 6.33 Å². The van der Waals surface area contributed by atoms with Gasteiger partial charge in [-0.1, -0.05) is 31.2 Å². The summed E-state index contributed by atoms with van der Waals surface area (Å²) in [6, 6.07) is 8.70. The number of nitrogens with zero attached hydrogens (tertiary/aromatic N) is 2. The van der Waals surface area contributed by atoms with Crippen LogP contribution in [0.3, 0.4) is 0 Å². The van der Waals surface area contributed by atoms with Crippen LogP contribution in [0.4, 0.5) is 0 Å². The highest BCUT2D eigenvalue weighted by Crippen LogP contribution is 2.26. The number of aromatic nitrogens is 2. The highest BCUT2D eigenvalue weighted by Gasteiger charge is 2.10. The molecule has 0 amide bonds. The van der Waals surface area contributed by atoms with Gasteiger partial charge in [-0.15, -0.1) is 0 Å². The minimum absolute atomic E-state index is 0.330. The molecule has 17 heavy (non-hydrogen) atoms. The zero-order valence-electron chi connectivity index (χ0n) is 10.2. The molecule has 1 atom stereocenters. The summed E-state index contributed by atoms with van der Waals surface area (Å²) >= 11 is 0. The average Bonchev–Trinajstić information content (AvgIpc) is 2.40. The van der Waals surface area contributed by atoms with Crippen LogP contribution < -0.4 is 5.32 Å². The number of nitrogens with one attached hydrogen (secondary N) is 1. The summed E-state index contributed by atoms with van der Waals surface area (Å²) in [5.74, 6) is 0. The molecule has 3 heteroatoms. The van der Waals surface area contributed by atoms with E-state index in [0.717, 1.165) is 12.1 Å². The standard InChI is InChI=1S/C14H17N3/c1-3-17-11(2)13-6-4-5-7-14(13)12-8-15-10-16-9-12/h4-11,17H,3H2,1-2H3. The molecule has 3 nitrogen and oxygen atoms in total. The Hall–Kier alpha value is -1.74. The average molecular weight is 227 g/mol. The fourth-order valence-corrected chi connectivity index (χ4v) is 1.99. The second kappa shape index (κ2) is 5.55. The van der Waals surface area contributed by atoms with Crippen molar-refractivity contribution in [2.24, 2.45) is 0 Å². The van der Waals surface area contributed by atoms with Crippen molar-refractivity contribution >= 4 is 0 Å². The third kappa shape index (κ3) is 2.68. The first kappa shape index (κ1) is 11.7. The summed E-state index contributed by atoms with van der Waals surface area (Å²) in [6.07, 6.45) is 5.26. The molecule has 0 aliphatic carbocycles. The van der Waals surface area contributed by atoms with E-state index in [0.29, 0.717) is 6.04 Å². The maximum absolute atomic E-state index is 4.08. The number of rotatable bonds is 4. The van der Waals surface area contributed by atoms with E-state index in [9.17, 15) is 0 Å². The molecule has 1 unspecified atom stereocenters. The van der Waals surface area contributed by atoms with Gasteiger partial charge < -0.3 is 5.32 Å². The van der Waals surface area contributed by atoms with E-state index in [1.807, 2.05) is 18.5 Å². The van der Waals surface area contributed by atoms with Crippen molar-refractivity contribution in [2.45, 2.75) is 19.9 Å². The first-order valence-electron chi connectivity index (χ1n) is 5.90. The molecule has 1 heterocycles. The van der Waals surface area contributed by atoms with Crippen LogP contribution in [0.5, 0.6) is 0 Å². The Morgan fingerprint density at radius 3 is 2.59 bits per heavy atom. The minimum Gasteiger partial charge on any atom is -0.310 e. The Balaban J connectivity index is 2.41. The van der Waals surface area contributed by atoms with Crippen molar-refractivity contribution in [3.63, 3.8) is 0 Å². The number of hydrogen-bond donors (Lipinski definition) is 1. The maximum atomic E-state index is 4.08. The molecule has 0 aliphatic rings. The van der Waals surface area contributed by atoms with Crippen LogP contribution in [0.1, 0.15) is 25.5 Å². The first-order valence-corrected chi connectivity index (χ1v) is 5.90. The first-order chi connectivity index (χ1) is 8.33. The van der Waals surface area contributed by atoms with Crippen molar-refractivity contribution in [2.75, 3.05) is 6.54 Å². The number of hydrogen-bond acceptors (Lipinski definition) is 3. The van der Waals surface area contributed by atoms with Gasteiger partial charge in [0.2, 0.25) is 0 Å². The summed E-state index contributed by atoms with van der Waals surface area (Å²) in [7, 11) is 0. The Morgan fingerprint density at radius 2 is 1.88 bits per heavy atom. The van der Waals surface area contributed by atoms with E-state index < -0.39 is 0 Å². The topological polar surface area (TPSA) is 37.8 Å². The van der Waals surface area contributed by atoms with E-state index in [2.05, 4.69) is 47.3 Å². The van der Waals surface area contributed by atoms with E-state index in [-0.39, 0.29) is 0 Å². The van der Waals surface area contributed by atoms with Gasteiger partial charge in [0.15, 0.2) is 0 Å². The van der Waals surface area contributed by atoms with Crippen LogP contribution in [-0.4, -0.2) is 16.5 Å². The van der Waals surface area contributed by atoms with Crippen molar-refractivity contribution in [1.82, 2.24) is 15.3 Å². The number of benzene rings is 1. The lowest BCUT2D eigenvalue weighted by atomic mass is 9.97. The lowest BCUT2D eigenvalue weighted by molar-refractivity contribution is 0.599. The van der Waals surface area contributed by atoms with Gasteiger partial charge in [0.05, 0.1) is 0 Å². The van der Waals surface area contributed by atoms with E-state index in [4.69, 9.17) is 0 Å². The molecule has 0 bridgehead atoms. The Bertz CT molecular complexity index is 468. The third-order valence-corrected chi connectivity index (χ3v) is 2.81. The summed E-state index contributed by atoms with van der Waals surface area (Å²) < 4.78 is 0. The summed E-state index contributed by atoms with van der Waals surface area (Å²) in [4.78, 5) is 8.15. The molecule has 0 saturated carbocycles. The zero-order valence-corrected chi connectivity index (χ0v) is 10.2. The molecule has 88 valence electrons. The van der Waals surface area contributed by atoms with Crippen LogP contribution >= 0.6 is 0 Å². The zero-order chi connectivity index (χ0) is 12.1. The normalized spacial score (nSPS) is 12.4. The van der Waals surface area contributed by atoms with Gasteiger partial charge in [0, 0.05) is 24.0 Å². The SMILES string of the molecule is CCNC(C)c1ccccc1-c1cncnc1. The van der Waals surface area contributed by atoms with Gasteiger partial charge >= 0.3 is 0 Å². The molecule has 0 radical (unpaired) electrons. The van der Waals surface area contributed by atoms with Crippen molar-refractivity contribution in [3.05, 3.63) is 48.5 Å². The van der Waals surface area contributed by atoms with Crippen molar-refractivity contribution in [1.29, 1.82) is 0 Å². The van der Waals surface area contributed by atoms with Crippen LogP contribution in [0.25, 0.3) is 11.1 Å². The Morgan fingerprint density at radius 1 is 1.18 bits per heavy atom. The molecule has 1 aromatic carbocycles. The van der Waals surface area contributed by atoms with E-state index >= 15 is 0 Å². The summed E-state index contributed by atoms with van der Waals surface area (Å²) in [5, 5.41) is 3.43. The lowest BCUT2D eigenvalue weighted by Gasteiger charge is -2.16. The van der Waals surface area contributed by atoms with Gasteiger partial charge in [-0.3, -0.25) is 0 Å². The molecule has 0 saturated heterocycles. The molecule has 2 aromatic rings. The van der Waals surface area contributed by atoms with E-state index in [1.54, 1.807) is 6.33 Å². The van der Waals surface area contributed by atoms with Crippen molar-refractivity contribution < 1.29 is 0 Å². The maximum Gasteiger partial charge on any atom is 0.115 e. The molecule has 0 fully saturated rings. The van der Waals surface area contributed by atoms with Crippen LogP contribution in [0.15, 0.2) is 43.0 Å². The molecular weight excluding hydrogens is 210 g/mol. The highest BCUT2D eigenvalue weighted by atomic mass is 14.9. The summed E-state index contributed by atoms with van der Waals surface area (Å²) in [5.41, 5.74) is 3.54. The van der Waals surface area contributed by atoms with Gasteiger partial charge in [-0.05, 0) is 24.6 Å². The predicted molar refractivity (Wildman–Crippen MR) is 69.6 cm³/mol. The molecule has 0 aliphatic heterocycles. The van der Waals surface area contributed by atoms with E-state index in [1.165, 1.54) is 11.1 Å². The third-order valence-electron chi connectivity index (χ3n) is 2.81. The lowest BCUT2D eigenvalue weighted by Crippen LogP contribution is -2.18. The highest BCUT2D eigenvalue weighted by molar-refractivity contribution is 5.66. The van der Waals surface area contributed by atoms with Gasteiger partial charge in [-0.25, -0.2) is 9.97 Å². The molecule has 2 rings (SSSR count). The fraction of sp³-hybridized carbons (Fsp3) is 0.286. The minimum atomic E-state index is 0.330.